The van der Waals surface area contributed by atoms with Gasteiger partial charge < -0.3 is 5.11 Å². The number of aromatic nitrogens is 2. The van der Waals surface area contributed by atoms with Gasteiger partial charge in [-0.25, -0.2) is 0 Å². The van der Waals surface area contributed by atoms with Gasteiger partial charge in [-0.05, 0) is 49.8 Å². The molecule has 1 N–H and O–H groups in total. The molecule has 2 rings (SSSR count). The third-order valence-corrected chi connectivity index (χ3v) is 4.57. The van der Waals surface area contributed by atoms with Gasteiger partial charge in [-0.2, -0.15) is 5.10 Å². The molecule has 1 atom stereocenters. The Morgan fingerprint density at radius 2 is 2.00 bits per heavy atom. The van der Waals surface area contributed by atoms with Crippen LogP contribution < -0.4 is 0 Å². The zero-order valence-electron chi connectivity index (χ0n) is 12.7. The number of rotatable bonds is 7. The number of hydrogen-bond donors (Lipinski definition) is 1. The molecule has 0 aliphatic rings. The number of aryl methyl sites for hydroxylation is 2. The van der Waals surface area contributed by atoms with Crippen molar-refractivity contribution in [1.29, 1.82) is 0 Å². The summed E-state index contributed by atoms with van der Waals surface area (Å²) in [6, 6.07) is 10.4. The smallest absolute Gasteiger partial charge is 0.0624 e. The van der Waals surface area contributed by atoms with Crippen LogP contribution in [0, 0.1) is 5.92 Å². The minimum absolute atomic E-state index is 0.192. The Balaban J connectivity index is 2.12. The van der Waals surface area contributed by atoms with Crippen molar-refractivity contribution < 1.29 is 5.11 Å². The van der Waals surface area contributed by atoms with Gasteiger partial charge in [0.2, 0.25) is 0 Å². The number of halogens is 1. The molecule has 1 heterocycles. The fraction of sp³-hybridized carbons (Fsp3) is 0.471. The van der Waals surface area contributed by atoms with E-state index >= 15 is 0 Å². The Labute approximate surface area is 135 Å². The molecule has 0 bridgehead atoms. The lowest BCUT2D eigenvalue weighted by atomic mass is 9.95. The van der Waals surface area contributed by atoms with Crippen LogP contribution in [0.3, 0.4) is 0 Å². The normalized spacial score (nSPS) is 12.6. The van der Waals surface area contributed by atoms with Crippen molar-refractivity contribution in [3.05, 3.63) is 51.8 Å². The fourth-order valence-corrected chi connectivity index (χ4v) is 3.04. The second-order valence-corrected chi connectivity index (χ2v) is 6.20. The van der Waals surface area contributed by atoms with E-state index in [0.29, 0.717) is 0 Å². The summed E-state index contributed by atoms with van der Waals surface area (Å²) in [5.41, 5.74) is 3.60. The zero-order valence-corrected chi connectivity index (χ0v) is 14.3. The molecule has 2 aromatic rings. The largest absolute Gasteiger partial charge is 0.396 e. The van der Waals surface area contributed by atoms with E-state index in [0.717, 1.165) is 36.0 Å². The van der Waals surface area contributed by atoms with Crippen molar-refractivity contribution in [1.82, 2.24) is 9.78 Å². The molecule has 0 saturated carbocycles. The van der Waals surface area contributed by atoms with Crippen LogP contribution in [0.25, 0.3) is 0 Å². The lowest BCUT2D eigenvalue weighted by Gasteiger charge is -2.16. The predicted octanol–water partition coefficient (Wildman–Crippen LogP) is 3.62. The summed E-state index contributed by atoms with van der Waals surface area (Å²) in [7, 11) is 0. The standard InChI is InChI=1S/C17H23BrN2O/c1-3-15-11-16(20(4-2)19-15)10-13(12-21)9-14-7-5-6-8-17(14)18/h5-8,11,13,21H,3-4,9-10,12H2,1-2H3. The Morgan fingerprint density at radius 3 is 2.62 bits per heavy atom. The first-order chi connectivity index (χ1) is 10.2. The van der Waals surface area contributed by atoms with Gasteiger partial charge in [0.25, 0.3) is 0 Å². The topological polar surface area (TPSA) is 38.0 Å². The van der Waals surface area contributed by atoms with Crippen LogP contribution in [0.4, 0.5) is 0 Å². The molecule has 4 heteroatoms. The van der Waals surface area contributed by atoms with E-state index in [-0.39, 0.29) is 12.5 Å². The molecule has 1 unspecified atom stereocenters. The molecule has 0 radical (unpaired) electrons. The van der Waals surface area contributed by atoms with Crippen LogP contribution in [0.5, 0.6) is 0 Å². The number of aliphatic hydroxyl groups is 1. The molecule has 0 saturated heterocycles. The highest BCUT2D eigenvalue weighted by atomic mass is 79.9. The quantitative estimate of drug-likeness (QED) is 0.827. The minimum Gasteiger partial charge on any atom is -0.396 e. The van der Waals surface area contributed by atoms with Gasteiger partial charge in [0.05, 0.1) is 5.69 Å². The van der Waals surface area contributed by atoms with Crippen molar-refractivity contribution in [2.75, 3.05) is 6.61 Å². The van der Waals surface area contributed by atoms with Gasteiger partial charge >= 0.3 is 0 Å². The SMILES string of the molecule is CCc1cc(CC(CO)Cc2ccccc2Br)n(CC)n1. The van der Waals surface area contributed by atoms with Crippen LogP contribution >= 0.6 is 15.9 Å². The van der Waals surface area contributed by atoms with E-state index in [1.165, 1.54) is 11.3 Å². The molecule has 0 spiro atoms. The first-order valence-corrected chi connectivity index (χ1v) is 8.37. The monoisotopic (exact) mass is 350 g/mol. The molecule has 3 nitrogen and oxygen atoms in total. The van der Waals surface area contributed by atoms with Crippen molar-refractivity contribution in [2.24, 2.45) is 5.92 Å². The Hall–Kier alpha value is -1.13. The van der Waals surface area contributed by atoms with E-state index < -0.39 is 0 Å². The summed E-state index contributed by atoms with van der Waals surface area (Å²) in [5.74, 6) is 0.218. The van der Waals surface area contributed by atoms with E-state index in [2.05, 4.69) is 57.8 Å². The molecular weight excluding hydrogens is 328 g/mol. The van der Waals surface area contributed by atoms with Crippen molar-refractivity contribution in [3.63, 3.8) is 0 Å². The lowest BCUT2D eigenvalue weighted by molar-refractivity contribution is 0.222. The fourth-order valence-electron chi connectivity index (χ4n) is 2.60. The highest BCUT2D eigenvalue weighted by Gasteiger charge is 2.15. The summed E-state index contributed by atoms with van der Waals surface area (Å²) in [5, 5.41) is 14.3. The van der Waals surface area contributed by atoms with Gasteiger partial charge in [-0.15, -0.1) is 0 Å². The van der Waals surface area contributed by atoms with Crippen LogP contribution in [0.2, 0.25) is 0 Å². The highest BCUT2D eigenvalue weighted by Crippen LogP contribution is 2.22. The predicted molar refractivity (Wildman–Crippen MR) is 89.4 cm³/mol. The second kappa shape index (κ2) is 7.76. The number of nitrogens with zero attached hydrogens (tertiary/aromatic N) is 2. The molecule has 114 valence electrons. The van der Waals surface area contributed by atoms with E-state index in [1.807, 2.05) is 12.1 Å². The summed E-state index contributed by atoms with van der Waals surface area (Å²) in [6.45, 7) is 5.30. The number of hydrogen-bond acceptors (Lipinski definition) is 2. The van der Waals surface area contributed by atoms with E-state index in [1.54, 1.807) is 0 Å². The van der Waals surface area contributed by atoms with Crippen molar-refractivity contribution in [3.8, 4) is 0 Å². The summed E-state index contributed by atoms with van der Waals surface area (Å²) in [6.07, 6.45) is 2.68. The maximum absolute atomic E-state index is 9.72. The Morgan fingerprint density at radius 1 is 1.24 bits per heavy atom. The molecule has 0 aliphatic carbocycles. The average molecular weight is 351 g/mol. The lowest BCUT2D eigenvalue weighted by Crippen LogP contribution is -2.16. The molecular formula is C17H23BrN2O. The average Bonchev–Trinajstić information content (AvgIpc) is 2.90. The highest BCUT2D eigenvalue weighted by molar-refractivity contribution is 9.10. The van der Waals surface area contributed by atoms with E-state index in [9.17, 15) is 5.11 Å². The van der Waals surface area contributed by atoms with Gasteiger partial charge in [0.1, 0.15) is 0 Å². The molecule has 21 heavy (non-hydrogen) atoms. The summed E-state index contributed by atoms with van der Waals surface area (Å²) >= 11 is 3.58. The molecule has 1 aromatic carbocycles. The minimum atomic E-state index is 0.192. The van der Waals surface area contributed by atoms with Crippen molar-refractivity contribution >= 4 is 15.9 Å². The zero-order chi connectivity index (χ0) is 15.2. The Bertz CT molecular complexity index is 580. The van der Waals surface area contributed by atoms with Crippen molar-refractivity contribution in [2.45, 2.75) is 39.7 Å². The van der Waals surface area contributed by atoms with Crippen LogP contribution in [0.1, 0.15) is 30.8 Å². The molecule has 0 amide bonds. The summed E-state index contributed by atoms with van der Waals surface area (Å²) in [4.78, 5) is 0. The number of aliphatic hydroxyl groups excluding tert-OH is 1. The van der Waals surface area contributed by atoms with Gasteiger partial charge in [-0.3, -0.25) is 4.68 Å². The third-order valence-electron chi connectivity index (χ3n) is 3.80. The third kappa shape index (κ3) is 4.17. The number of benzene rings is 1. The molecule has 1 aromatic heterocycles. The van der Waals surface area contributed by atoms with E-state index in [4.69, 9.17) is 0 Å². The first-order valence-electron chi connectivity index (χ1n) is 7.57. The first kappa shape index (κ1) is 16.2. The van der Waals surface area contributed by atoms with Crippen LogP contribution in [-0.2, 0) is 25.8 Å². The maximum Gasteiger partial charge on any atom is 0.0624 e. The van der Waals surface area contributed by atoms with Crippen LogP contribution in [-0.4, -0.2) is 21.5 Å². The van der Waals surface area contributed by atoms with Gasteiger partial charge in [-0.1, -0.05) is 41.1 Å². The Kier molecular flexibility index (Phi) is 6.00. The maximum atomic E-state index is 9.72. The second-order valence-electron chi connectivity index (χ2n) is 5.34. The molecule has 0 fully saturated rings. The van der Waals surface area contributed by atoms with Crippen LogP contribution in [0.15, 0.2) is 34.8 Å². The van der Waals surface area contributed by atoms with Gasteiger partial charge in [0, 0.05) is 23.3 Å². The van der Waals surface area contributed by atoms with Gasteiger partial charge in [0.15, 0.2) is 0 Å². The summed E-state index contributed by atoms with van der Waals surface area (Å²) < 4.78 is 3.17. The molecule has 0 aliphatic heterocycles.